The van der Waals surface area contributed by atoms with Crippen LogP contribution in [0.4, 0.5) is 11.4 Å². The molecular weight excluding hydrogens is 416 g/mol. The zero-order chi connectivity index (χ0) is 18.9. The lowest BCUT2D eigenvalue weighted by Crippen LogP contribution is -2.29. The molecule has 5 nitrogen and oxygen atoms in total. The summed E-state index contributed by atoms with van der Waals surface area (Å²) in [6.07, 6.45) is 1.87. The van der Waals surface area contributed by atoms with E-state index in [2.05, 4.69) is 20.7 Å². The molecule has 0 atom stereocenters. The van der Waals surface area contributed by atoms with Crippen molar-refractivity contribution in [2.45, 2.75) is 38.0 Å². The van der Waals surface area contributed by atoms with Gasteiger partial charge in [0.15, 0.2) is 0 Å². The molecule has 1 aliphatic rings. The largest absolute Gasteiger partial charge is 0.310 e. The van der Waals surface area contributed by atoms with Crippen LogP contribution < -0.4 is 9.62 Å². The van der Waals surface area contributed by atoms with Gasteiger partial charge >= 0.3 is 0 Å². The molecule has 0 unspecified atom stereocenters. The van der Waals surface area contributed by atoms with Crippen molar-refractivity contribution in [1.29, 1.82) is 0 Å². The van der Waals surface area contributed by atoms with Gasteiger partial charge in [-0.25, -0.2) is 8.42 Å². The van der Waals surface area contributed by atoms with Gasteiger partial charge in [0.1, 0.15) is 4.90 Å². The third-order valence-corrected chi connectivity index (χ3v) is 6.35. The van der Waals surface area contributed by atoms with Crippen LogP contribution >= 0.6 is 15.9 Å². The second-order valence-corrected chi connectivity index (χ2v) is 8.78. The SMILES string of the molecule is CCC(=O)N1CCc2cc(Br)cc(S(=O)(=O)Nc3ccc(CC)cc3)c21. The molecule has 2 aromatic carbocycles. The Morgan fingerprint density at radius 3 is 2.50 bits per heavy atom. The Hall–Kier alpha value is -1.86. The third kappa shape index (κ3) is 3.64. The van der Waals surface area contributed by atoms with E-state index in [9.17, 15) is 13.2 Å². The highest BCUT2D eigenvalue weighted by atomic mass is 79.9. The van der Waals surface area contributed by atoms with Crippen molar-refractivity contribution in [3.63, 3.8) is 0 Å². The van der Waals surface area contributed by atoms with E-state index in [4.69, 9.17) is 0 Å². The van der Waals surface area contributed by atoms with E-state index in [0.717, 1.165) is 17.5 Å². The van der Waals surface area contributed by atoms with Gasteiger partial charge in [-0.1, -0.05) is 41.9 Å². The standard InChI is InChI=1S/C19H21BrN2O3S/c1-3-13-5-7-16(8-6-13)21-26(24,25)17-12-15(20)11-14-9-10-22(19(14)17)18(23)4-2/h5-8,11-12,21H,3-4,9-10H2,1-2H3. The van der Waals surface area contributed by atoms with Crippen molar-refractivity contribution in [3.8, 4) is 0 Å². The number of nitrogens with one attached hydrogen (secondary N) is 1. The number of fused-ring (bicyclic) bond motifs is 1. The molecule has 1 N–H and O–H groups in total. The molecule has 7 heteroatoms. The van der Waals surface area contributed by atoms with Crippen molar-refractivity contribution in [3.05, 3.63) is 52.0 Å². The molecular formula is C19H21BrN2O3S. The molecule has 3 rings (SSSR count). The monoisotopic (exact) mass is 436 g/mol. The smallest absolute Gasteiger partial charge is 0.264 e. The summed E-state index contributed by atoms with van der Waals surface area (Å²) in [5.74, 6) is -0.0742. The Balaban J connectivity index is 2.03. The van der Waals surface area contributed by atoms with Gasteiger partial charge in [0.2, 0.25) is 5.91 Å². The maximum atomic E-state index is 13.1. The second-order valence-electron chi connectivity index (χ2n) is 6.22. The van der Waals surface area contributed by atoms with Crippen LogP contribution in [0.15, 0.2) is 45.8 Å². The first-order chi connectivity index (χ1) is 12.4. The van der Waals surface area contributed by atoms with Crippen LogP contribution in [0.1, 0.15) is 31.4 Å². The number of benzene rings is 2. The first-order valence-corrected chi connectivity index (χ1v) is 10.9. The maximum Gasteiger partial charge on any atom is 0.264 e. The Bertz CT molecular complexity index is 940. The lowest BCUT2D eigenvalue weighted by molar-refractivity contribution is -0.118. The Morgan fingerprint density at radius 2 is 1.88 bits per heavy atom. The summed E-state index contributed by atoms with van der Waals surface area (Å²) in [7, 11) is -3.83. The predicted octanol–water partition coefficient (Wildman–Crippen LogP) is 4.11. The molecule has 138 valence electrons. The molecule has 0 saturated heterocycles. The topological polar surface area (TPSA) is 66.5 Å². The van der Waals surface area contributed by atoms with Gasteiger partial charge in [0, 0.05) is 23.1 Å². The van der Waals surface area contributed by atoms with Gasteiger partial charge in [0.05, 0.1) is 5.69 Å². The summed E-state index contributed by atoms with van der Waals surface area (Å²) in [5, 5.41) is 0. The zero-order valence-electron chi connectivity index (χ0n) is 14.8. The number of hydrogen-bond acceptors (Lipinski definition) is 3. The average Bonchev–Trinajstić information content (AvgIpc) is 3.04. The molecule has 0 fully saturated rings. The Labute approximate surface area is 162 Å². The highest BCUT2D eigenvalue weighted by Crippen LogP contribution is 2.38. The summed E-state index contributed by atoms with van der Waals surface area (Å²) in [5.41, 5.74) is 3.00. The van der Waals surface area contributed by atoms with Crippen molar-refractivity contribution in [2.24, 2.45) is 0 Å². The number of amides is 1. The van der Waals surface area contributed by atoms with E-state index in [0.29, 0.717) is 35.2 Å². The van der Waals surface area contributed by atoms with E-state index in [1.807, 2.05) is 25.1 Å². The molecule has 0 aromatic heterocycles. The summed E-state index contributed by atoms with van der Waals surface area (Å²) in [4.78, 5) is 14.0. The number of aryl methyl sites for hydroxylation is 1. The van der Waals surface area contributed by atoms with Gasteiger partial charge in [-0.05, 0) is 48.2 Å². The lowest BCUT2D eigenvalue weighted by atomic mass is 10.2. The normalized spacial score (nSPS) is 13.6. The van der Waals surface area contributed by atoms with E-state index in [1.165, 1.54) is 0 Å². The van der Waals surface area contributed by atoms with Crippen molar-refractivity contribution in [1.82, 2.24) is 0 Å². The zero-order valence-corrected chi connectivity index (χ0v) is 17.2. The quantitative estimate of drug-likeness (QED) is 0.766. The summed E-state index contributed by atoms with van der Waals surface area (Å²) < 4.78 is 29.4. The van der Waals surface area contributed by atoms with Gasteiger partial charge in [-0.3, -0.25) is 9.52 Å². The second kappa shape index (κ2) is 7.40. The first-order valence-electron chi connectivity index (χ1n) is 8.60. The number of carbonyl (C=O) groups excluding carboxylic acids is 1. The van der Waals surface area contributed by atoms with Crippen LogP contribution in [-0.2, 0) is 27.7 Å². The Morgan fingerprint density at radius 1 is 1.19 bits per heavy atom. The minimum Gasteiger partial charge on any atom is -0.310 e. The first kappa shape index (κ1) is 18.9. The molecule has 0 aliphatic carbocycles. The molecule has 1 aliphatic heterocycles. The van der Waals surface area contributed by atoms with Crippen LogP contribution in [0.5, 0.6) is 0 Å². The number of rotatable bonds is 5. The fourth-order valence-electron chi connectivity index (χ4n) is 3.13. The van der Waals surface area contributed by atoms with Gasteiger partial charge in [-0.15, -0.1) is 0 Å². The molecule has 1 heterocycles. The minimum atomic E-state index is -3.83. The van der Waals surface area contributed by atoms with Crippen molar-refractivity contribution >= 4 is 43.2 Å². The predicted molar refractivity (Wildman–Crippen MR) is 107 cm³/mol. The number of carbonyl (C=O) groups is 1. The number of anilines is 2. The van der Waals surface area contributed by atoms with E-state index >= 15 is 0 Å². The maximum absolute atomic E-state index is 13.1. The van der Waals surface area contributed by atoms with Crippen LogP contribution in [0, 0.1) is 0 Å². The number of nitrogens with zero attached hydrogens (tertiary/aromatic N) is 1. The summed E-state index contributed by atoms with van der Waals surface area (Å²) in [6, 6.07) is 10.7. The molecule has 1 amide bonds. The van der Waals surface area contributed by atoms with Crippen LogP contribution in [0.25, 0.3) is 0 Å². The molecule has 2 aromatic rings. The van der Waals surface area contributed by atoms with E-state index < -0.39 is 10.0 Å². The van der Waals surface area contributed by atoms with E-state index in [1.54, 1.807) is 30.0 Å². The Kier molecular flexibility index (Phi) is 5.39. The molecule has 0 spiro atoms. The van der Waals surface area contributed by atoms with Crippen molar-refractivity contribution in [2.75, 3.05) is 16.2 Å². The molecule has 0 bridgehead atoms. The highest BCUT2D eigenvalue weighted by Gasteiger charge is 2.32. The number of hydrogen-bond donors (Lipinski definition) is 1. The van der Waals surface area contributed by atoms with Crippen LogP contribution in [0.3, 0.4) is 0 Å². The third-order valence-electron chi connectivity index (χ3n) is 4.50. The summed E-state index contributed by atoms with van der Waals surface area (Å²) in [6.45, 7) is 4.33. The average molecular weight is 437 g/mol. The van der Waals surface area contributed by atoms with Crippen molar-refractivity contribution < 1.29 is 13.2 Å². The summed E-state index contributed by atoms with van der Waals surface area (Å²) >= 11 is 3.39. The lowest BCUT2D eigenvalue weighted by Gasteiger charge is -2.20. The van der Waals surface area contributed by atoms with Crippen LogP contribution in [-0.4, -0.2) is 20.9 Å². The van der Waals surface area contributed by atoms with Gasteiger partial charge in [0.25, 0.3) is 10.0 Å². The highest BCUT2D eigenvalue weighted by molar-refractivity contribution is 9.10. The fourth-order valence-corrected chi connectivity index (χ4v) is 5.12. The number of halogens is 1. The van der Waals surface area contributed by atoms with Gasteiger partial charge in [-0.2, -0.15) is 0 Å². The number of sulfonamides is 1. The molecule has 26 heavy (non-hydrogen) atoms. The van der Waals surface area contributed by atoms with Gasteiger partial charge < -0.3 is 4.90 Å². The molecule has 0 saturated carbocycles. The fraction of sp³-hybridized carbons (Fsp3) is 0.316. The van der Waals surface area contributed by atoms with E-state index in [-0.39, 0.29) is 10.8 Å². The molecule has 0 radical (unpaired) electrons. The van der Waals surface area contributed by atoms with Crippen LogP contribution in [0.2, 0.25) is 0 Å². The minimum absolute atomic E-state index is 0.0742.